The molecular formula is C69H46N2. The molecule has 332 valence electrons. The van der Waals surface area contributed by atoms with Crippen LogP contribution in [0.2, 0.25) is 0 Å². The van der Waals surface area contributed by atoms with Crippen molar-refractivity contribution >= 4 is 55.7 Å². The predicted octanol–water partition coefficient (Wildman–Crippen LogP) is 18.6. The number of anilines is 6. The van der Waals surface area contributed by atoms with Crippen LogP contribution in [0.4, 0.5) is 34.1 Å². The van der Waals surface area contributed by atoms with Gasteiger partial charge in [0.2, 0.25) is 0 Å². The van der Waals surface area contributed by atoms with Crippen molar-refractivity contribution in [3.63, 3.8) is 0 Å². The molecule has 14 rings (SSSR count). The first-order valence-corrected chi connectivity index (χ1v) is 24.6. The third kappa shape index (κ3) is 6.49. The minimum atomic E-state index is -0.575. The van der Waals surface area contributed by atoms with Crippen LogP contribution in [0.25, 0.3) is 66.1 Å². The van der Waals surface area contributed by atoms with Gasteiger partial charge in [0.05, 0.1) is 11.1 Å². The molecule has 71 heavy (non-hydrogen) atoms. The molecule has 0 atom stereocenters. The molecule has 2 nitrogen and oxygen atoms in total. The second kappa shape index (κ2) is 16.5. The second-order valence-electron chi connectivity index (χ2n) is 18.8. The van der Waals surface area contributed by atoms with Crippen LogP contribution < -0.4 is 9.80 Å². The molecule has 2 heteroatoms. The highest BCUT2D eigenvalue weighted by atomic mass is 15.2. The summed E-state index contributed by atoms with van der Waals surface area (Å²) in [5.41, 5.74) is 20.9. The molecule has 0 bridgehead atoms. The fourth-order valence-corrected chi connectivity index (χ4v) is 11.9. The van der Waals surface area contributed by atoms with E-state index in [9.17, 15) is 0 Å². The number of nitrogens with zero attached hydrogens (tertiary/aromatic N) is 2. The molecule has 0 heterocycles. The second-order valence-corrected chi connectivity index (χ2v) is 18.8. The van der Waals surface area contributed by atoms with Crippen LogP contribution in [-0.2, 0) is 5.41 Å². The van der Waals surface area contributed by atoms with Crippen LogP contribution in [-0.4, -0.2) is 0 Å². The van der Waals surface area contributed by atoms with Crippen molar-refractivity contribution in [2.24, 2.45) is 0 Å². The molecule has 0 aliphatic heterocycles. The molecule has 0 saturated carbocycles. The topological polar surface area (TPSA) is 6.48 Å². The number of fused-ring (bicyclic) bond motifs is 12. The van der Waals surface area contributed by atoms with Gasteiger partial charge in [0.1, 0.15) is 0 Å². The van der Waals surface area contributed by atoms with E-state index >= 15 is 0 Å². The van der Waals surface area contributed by atoms with E-state index in [4.69, 9.17) is 0 Å². The molecule has 0 unspecified atom stereocenters. The summed E-state index contributed by atoms with van der Waals surface area (Å²) in [5, 5.41) is 4.96. The average molecular weight is 903 g/mol. The maximum atomic E-state index is 2.51. The molecule has 1 spiro atoms. The molecule has 0 fully saturated rings. The summed E-state index contributed by atoms with van der Waals surface area (Å²) in [6.07, 6.45) is 0. The van der Waals surface area contributed by atoms with Gasteiger partial charge in [-0.15, -0.1) is 0 Å². The van der Waals surface area contributed by atoms with Gasteiger partial charge in [0.15, 0.2) is 0 Å². The fraction of sp³-hybridized carbons (Fsp3) is 0.0145. The quantitative estimate of drug-likeness (QED) is 0.150. The van der Waals surface area contributed by atoms with Crippen molar-refractivity contribution in [2.75, 3.05) is 9.80 Å². The maximum Gasteiger partial charge on any atom is 0.0727 e. The Morgan fingerprint density at radius 1 is 0.225 bits per heavy atom. The van der Waals surface area contributed by atoms with Gasteiger partial charge in [-0.2, -0.15) is 0 Å². The summed E-state index contributed by atoms with van der Waals surface area (Å²) in [4.78, 5) is 4.93. The maximum absolute atomic E-state index is 2.51. The molecule has 2 aliphatic carbocycles. The Bertz CT molecular complexity index is 3940. The SMILES string of the molecule is c1ccc(N(c2ccc(-c3ccc4ccccc4c3)cc2)c2cc(N(c3ccccc3)c3ccc(-c4ccc5ccccc5c4)cc3)c3c(c2)C2(c4ccccc4-c4ccccc42)c2ccccc2-3)cc1. The van der Waals surface area contributed by atoms with E-state index in [2.05, 4.69) is 289 Å². The van der Waals surface area contributed by atoms with E-state index in [1.165, 1.54) is 88.3 Å². The summed E-state index contributed by atoms with van der Waals surface area (Å²) < 4.78 is 0. The first kappa shape index (κ1) is 40.8. The Kier molecular flexibility index (Phi) is 9.47. The van der Waals surface area contributed by atoms with Crippen LogP contribution in [0.15, 0.2) is 279 Å². The lowest BCUT2D eigenvalue weighted by molar-refractivity contribution is 0.793. The van der Waals surface area contributed by atoms with Crippen LogP contribution in [0.3, 0.4) is 0 Å². The monoisotopic (exact) mass is 902 g/mol. The highest BCUT2D eigenvalue weighted by Gasteiger charge is 2.53. The predicted molar refractivity (Wildman–Crippen MR) is 298 cm³/mol. The summed E-state index contributed by atoms with van der Waals surface area (Å²) >= 11 is 0. The zero-order chi connectivity index (χ0) is 46.9. The van der Waals surface area contributed by atoms with Gasteiger partial charge in [0.25, 0.3) is 0 Å². The highest BCUT2D eigenvalue weighted by Crippen LogP contribution is 2.65. The molecule has 0 radical (unpaired) electrons. The van der Waals surface area contributed by atoms with E-state index < -0.39 is 5.41 Å². The number of para-hydroxylation sites is 2. The number of rotatable bonds is 8. The Morgan fingerprint density at radius 3 is 1.13 bits per heavy atom. The minimum absolute atomic E-state index is 0.575. The van der Waals surface area contributed by atoms with Gasteiger partial charge in [-0.1, -0.05) is 206 Å². The van der Waals surface area contributed by atoms with Gasteiger partial charge < -0.3 is 9.80 Å². The Hall–Kier alpha value is -9.24. The van der Waals surface area contributed by atoms with E-state index in [1.807, 2.05) is 0 Å². The fourth-order valence-electron chi connectivity index (χ4n) is 11.9. The lowest BCUT2D eigenvalue weighted by Crippen LogP contribution is -2.26. The molecular weight excluding hydrogens is 857 g/mol. The number of benzene rings is 12. The third-order valence-corrected chi connectivity index (χ3v) is 15.0. The van der Waals surface area contributed by atoms with E-state index in [1.54, 1.807) is 0 Å². The number of hydrogen-bond donors (Lipinski definition) is 0. The smallest absolute Gasteiger partial charge is 0.0727 e. The standard InChI is InChI=1S/C69H46N2/c1-3-21-55(22-4-1)70(57-39-35-49(36-40-57)53-33-31-47-17-7-9-19-51(47)43-53)59-45-66-68(62-27-13-16-30-65(62)69(66)63-28-14-11-25-60(63)61-26-12-15-29-64(61)69)67(46-59)71(56-23-5-2-6-24-56)58-41-37-50(38-42-58)54-34-32-48-18-8-10-20-52(48)44-54/h1-46H. The van der Waals surface area contributed by atoms with Gasteiger partial charge >= 0.3 is 0 Å². The van der Waals surface area contributed by atoms with Gasteiger partial charge in [0, 0.05) is 34.0 Å². The van der Waals surface area contributed by atoms with Crippen molar-refractivity contribution in [3.05, 3.63) is 301 Å². The normalized spacial score (nSPS) is 12.6. The molecule has 0 amide bonds. The summed E-state index contributed by atoms with van der Waals surface area (Å²) in [6.45, 7) is 0. The Labute approximate surface area is 414 Å². The Balaban J connectivity index is 1.03. The molecule has 0 N–H and O–H groups in total. The third-order valence-electron chi connectivity index (χ3n) is 15.0. The van der Waals surface area contributed by atoms with Crippen molar-refractivity contribution in [3.8, 4) is 44.5 Å². The molecule has 12 aromatic rings. The van der Waals surface area contributed by atoms with Crippen molar-refractivity contribution in [1.29, 1.82) is 0 Å². The minimum Gasteiger partial charge on any atom is -0.310 e. The summed E-state index contributed by atoms with van der Waals surface area (Å²) in [7, 11) is 0. The molecule has 0 aromatic heterocycles. The average Bonchev–Trinajstić information content (AvgIpc) is 3.93. The van der Waals surface area contributed by atoms with E-state index in [0.29, 0.717) is 0 Å². The van der Waals surface area contributed by atoms with Gasteiger partial charge in [-0.05, 0) is 156 Å². The van der Waals surface area contributed by atoms with Gasteiger partial charge in [-0.25, -0.2) is 0 Å². The zero-order valence-electron chi connectivity index (χ0n) is 39.0. The van der Waals surface area contributed by atoms with Crippen LogP contribution in [0.1, 0.15) is 22.3 Å². The molecule has 0 saturated heterocycles. The van der Waals surface area contributed by atoms with Crippen LogP contribution in [0, 0.1) is 0 Å². The molecule has 12 aromatic carbocycles. The van der Waals surface area contributed by atoms with Gasteiger partial charge in [-0.3, -0.25) is 0 Å². The first-order chi connectivity index (χ1) is 35.2. The summed E-state index contributed by atoms with van der Waals surface area (Å²) in [5.74, 6) is 0. The lowest BCUT2D eigenvalue weighted by atomic mass is 9.70. The Morgan fingerprint density at radius 2 is 0.606 bits per heavy atom. The van der Waals surface area contributed by atoms with Crippen molar-refractivity contribution in [2.45, 2.75) is 5.41 Å². The van der Waals surface area contributed by atoms with E-state index in [0.717, 1.165) is 34.1 Å². The van der Waals surface area contributed by atoms with Crippen LogP contribution in [0.5, 0.6) is 0 Å². The first-order valence-electron chi connectivity index (χ1n) is 24.6. The van der Waals surface area contributed by atoms with Crippen LogP contribution >= 0.6 is 0 Å². The highest BCUT2D eigenvalue weighted by molar-refractivity contribution is 6.03. The van der Waals surface area contributed by atoms with Crippen molar-refractivity contribution in [1.82, 2.24) is 0 Å². The zero-order valence-corrected chi connectivity index (χ0v) is 39.0. The molecule has 2 aliphatic rings. The number of hydrogen-bond acceptors (Lipinski definition) is 2. The summed E-state index contributed by atoms with van der Waals surface area (Å²) in [6, 6.07) is 103. The van der Waals surface area contributed by atoms with E-state index in [-0.39, 0.29) is 0 Å². The van der Waals surface area contributed by atoms with Crippen molar-refractivity contribution < 1.29 is 0 Å². The largest absolute Gasteiger partial charge is 0.310 e. The lowest BCUT2D eigenvalue weighted by Gasteiger charge is -2.34.